The molecule has 0 saturated heterocycles. The number of benzene rings is 2. The number of carbonyl (C=O) groups excluding carboxylic acids is 1. The third-order valence-corrected chi connectivity index (χ3v) is 5.23. The van der Waals surface area contributed by atoms with Crippen molar-refractivity contribution in [1.82, 2.24) is 9.97 Å². The average Bonchev–Trinajstić information content (AvgIpc) is 2.74. The normalized spacial score (nSPS) is 10.8. The molecule has 2 N–H and O–H groups in total. The topological polar surface area (TPSA) is 120 Å². The first-order chi connectivity index (χ1) is 13.9. The molecule has 0 spiro atoms. The Bertz CT molecular complexity index is 1120. The van der Waals surface area contributed by atoms with Gasteiger partial charge in [0.1, 0.15) is 17.9 Å². The molecule has 29 heavy (non-hydrogen) atoms. The molecule has 1 amide bonds. The number of rotatable bonds is 7. The third kappa shape index (κ3) is 4.79. The monoisotopic (exact) mass is 414 g/mol. The molecule has 0 aliphatic heterocycles. The number of amides is 1. The number of ether oxygens (including phenoxy) is 2. The number of nitrogens with one attached hydrogen (secondary N) is 2. The van der Waals surface area contributed by atoms with E-state index >= 15 is 0 Å². The van der Waals surface area contributed by atoms with Crippen LogP contribution in [0.1, 0.15) is 10.4 Å². The lowest BCUT2D eigenvalue weighted by Crippen LogP contribution is -2.15. The standard InChI is InChI=1S/C19H18N4O5S/c1-27-16-6-4-3-5-15(16)19(24)22-13-7-9-14(10-8-13)29(25,26)23-17-11-18(28-2)21-12-20-17/h3-12H,1-2H3,(H,22,24)(H,20,21,23). The minimum Gasteiger partial charge on any atom is -0.496 e. The van der Waals surface area contributed by atoms with Crippen molar-refractivity contribution in [2.75, 3.05) is 24.3 Å². The largest absolute Gasteiger partial charge is 0.496 e. The van der Waals surface area contributed by atoms with Gasteiger partial charge in [-0.25, -0.2) is 18.4 Å². The van der Waals surface area contributed by atoms with Crippen LogP contribution in [0.25, 0.3) is 0 Å². The van der Waals surface area contributed by atoms with Gasteiger partial charge in [-0.1, -0.05) is 12.1 Å². The van der Waals surface area contributed by atoms with Gasteiger partial charge >= 0.3 is 0 Å². The highest BCUT2D eigenvalue weighted by molar-refractivity contribution is 7.92. The number of hydrogen-bond acceptors (Lipinski definition) is 7. The van der Waals surface area contributed by atoms with E-state index in [4.69, 9.17) is 9.47 Å². The van der Waals surface area contributed by atoms with E-state index in [2.05, 4.69) is 20.0 Å². The first-order valence-electron chi connectivity index (χ1n) is 8.36. The first kappa shape index (κ1) is 20.1. The molecule has 0 bridgehead atoms. The molecule has 1 heterocycles. The second-order valence-electron chi connectivity index (χ2n) is 5.73. The van der Waals surface area contributed by atoms with Gasteiger partial charge in [0.15, 0.2) is 0 Å². The molecule has 0 atom stereocenters. The molecule has 3 rings (SSSR count). The van der Waals surface area contributed by atoms with E-state index in [1.54, 1.807) is 24.3 Å². The second kappa shape index (κ2) is 8.57. The summed E-state index contributed by atoms with van der Waals surface area (Å²) in [6.45, 7) is 0. The number of anilines is 2. The Labute approximate surface area is 167 Å². The molecular weight excluding hydrogens is 396 g/mol. The van der Waals surface area contributed by atoms with Crippen LogP contribution in [-0.2, 0) is 10.0 Å². The van der Waals surface area contributed by atoms with E-state index in [9.17, 15) is 13.2 Å². The molecule has 10 heteroatoms. The van der Waals surface area contributed by atoms with E-state index < -0.39 is 10.0 Å². The highest BCUT2D eigenvalue weighted by Gasteiger charge is 2.16. The highest BCUT2D eigenvalue weighted by atomic mass is 32.2. The molecule has 9 nitrogen and oxygen atoms in total. The molecule has 0 aliphatic carbocycles. The van der Waals surface area contributed by atoms with Gasteiger partial charge in [0.2, 0.25) is 5.88 Å². The Balaban J connectivity index is 1.74. The summed E-state index contributed by atoms with van der Waals surface area (Å²) < 4.78 is 37.5. The van der Waals surface area contributed by atoms with E-state index in [1.165, 1.54) is 50.9 Å². The van der Waals surface area contributed by atoms with Gasteiger partial charge in [-0.3, -0.25) is 9.52 Å². The zero-order valence-corrected chi connectivity index (χ0v) is 16.4. The molecule has 0 unspecified atom stereocenters. The fourth-order valence-corrected chi connectivity index (χ4v) is 3.45. The number of para-hydroxylation sites is 1. The Morgan fingerprint density at radius 1 is 0.966 bits per heavy atom. The summed E-state index contributed by atoms with van der Waals surface area (Å²) in [5, 5.41) is 2.71. The van der Waals surface area contributed by atoms with Gasteiger partial charge in [-0.15, -0.1) is 0 Å². The van der Waals surface area contributed by atoms with Crippen molar-refractivity contribution in [2.24, 2.45) is 0 Å². The van der Waals surface area contributed by atoms with Crippen LogP contribution in [0.2, 0.25) is 0 Å². The van der Waals surface area contributed by atoms with E-state index in [0.717, 1.165) is 0 Å². The summed E-state index contributed by atoms with van der Waals surface area (Å²) in [5.74, 6) is 0.371. The van der Waals surface area contributed by atoms with Gasteiger partial charge in [0, 0.05) is 11.8 Å². The van der Waals surface area contributed by atoms with Crippen LogP contribution in [-0.4, -0.2) is 38.5 Å². The lowest BCUT2D eigenvalue weighted by molar-refractivity contribution is 0.102. The van der Waals surface area contributed by atoms with Gasteiger partial charge < -0.3 is 14.8 Å². The number of nitrogens with zero attached hydrogens (tertiary/aromatic N) is 2. The van der Waals surface area contributed by atoms with Crippen LogP contribution in [0.3, 0.4) is 0 Å². The smallest absolute Gasteiger partial charge is 0.263 e. The predicted molar refractivity (Wildman–Crippen MR) is 107 cm³/mol. The zero-order valence-electron chi connectivity index (χ0n) is 15.6. The van der Waals surface area contributed by atoms with Crippen LogP contribution >= 0.6 is 0 Å². The fraction of sp³-hybridized carbons (Fsp3) is 0.105. The van der Waals surface area contributed by atoms with Crippen LogP contribution in [0, 0.1) is 0 Å². The van der Waals surface area contributed by atoms with Gasteiger partial charge in [0.25, 0.3) is 15.9 Å². The van der Waals surface area contributed by atoms with Crippen molar-refractivity contribution >= 4 is 27.4 Å². The zero-order chi connectivity index (χ0) is 20.9. The van der Waals surface area contributed by atoms with Crippen LogP contribution in [0.15, 0.2) is 65.8 Å². The first-order valence-corrected chi connectivity index (χ1v) is 9.84. The van der Waals surface area contributed by atoms with E-state index in [0.29, 0.717) is 17.0 Å². The molecule has 3 aromatic rings. The summed E-state index contributed by atoms with van der Waals surface area (Å²) in [5.41, 5.74) is 0.801. The lowest BCUT2D eigenvalue weighted by atomic mass is 10.2. The van der Waals surface area contributed by atoms with E-state index in [-0.39, 0.29) is 22.5 Å². The molecule has 150 valence electrons. The number of hydrogen-bond donors (Lipinski definition) is 2. The highest BCUT2D eigenvalue weighted by Crippen LogP contribution is 2.21. The SMILES string of the molecule is COc1cc(NS(=O)(=O)c2ccc(NC(=O)c3ccccc3OC)cc2)ncn1. The molecule has 1 aromatic heterocycles. The van der Waals surface area contributed by atoms with Crippen molar-refractivity contribution in [3.63, 3.8) is 0 Å². The molecule has 0 fully saturated rings. The van der Waals surface area contributed by atoms with Gasteiger partial charge in [-0.2, -0.15) is 0 Å². The van der Waals surface area contributed by atoms with Crippen molar-refractivity contribution in [1.29, 1.82) is 0 Å². The minimum atomic E-state index is -3.87. The Hall–Kier alpha value is -3.66. The van der Waals surface area contributed by atoms with E-state index in [1.807, 2.05) is 0 Å². The average molecular weight is 414 g/mol. The Morgan fingerprint density at radius 2 is 1.69 bits per heavy atom. The second-order valence-corrected chi connectivity index (χ2v) is 7.41. The maximum Gasteiger partial charge on any atom is 0.263 e. The number of aromatic nitrogens is 2. The van der Waals surface area contributed by atoms with Crippen molar-refractivity contribution < 1.29 is 22.7 Å². The molecule has 0 saturated carbocycles. The third-order valence-electron chi connectivity index (χ3n) is 3.86. The minimum absolute atomic E-state index is 0.00497. The Kier molecular flexibility index (Phi) is 5.93. The fourth-order valence-electron chi connectivity index (χ4n) is 2.45. The Morgan fingerprint density at radius 3 is 2.38 bits per heavy atom. The summed E-state index contributed by atoms with van der Waals surface area (Å²) in [6, 6.07) is 13.9. The maximum atomic E-state index is 12.5. The predicted octanol–water partition coefficient (Wildman–Crippen LogP) is 2.55. The lowest BCUT2D eigenvalue weighted by Gasteiger charge is -2.10. The van der Waals surface area contributed by atoms with Crippen LogP contribution < -0.4 is 19.5 Å². The molecule has 2 aromatic carbocycles. The molecule has 0 radical (unpaired) electrons. The van der Waals surface area contributed by atoms with Crippen LogP contribution in [0.5, 0.6) is 11.6 Å². The summed E-state index contributed by atoms with van der Waals surface area (Å²) >= 11 is 0. The quantitative estimate of drug-likeness (QED) is 0.610. The summed E-state index contributed by atoms with van der Waals surface area (Å²) in [6.07, 6.45) is 1.19. The molecular formula is C19H18N4O5S. The summed E-state index contributed by atoms with van der Waals surface area (Å²) in [7, 11) is -0.981. The van der Waals surface area contributed by atoms with Crippen LogP contribution in [0.4, 0.5) is 11.5 Å². The van der Waals surface area contributed by atoms with Gasteiger partial charge in [0.05, 0.1) is 24.7 Å². The number of sulfonamides is 1. The summed E-state index contributed by atoms with van der Waals surface area (Å²) in [4.78, 5) is 20.1. The molecule has 0 aliphatic rings. The van der Waals surface area contributed by atoms with Crippen molar-refractivity contribution in [3.05, 3.63) is 66.5 Å². The van der Waals surface area contributed by atoms with Crippen molar-refractivity contribution in [3.8, 4) is 11.6 Å². The number of methoxy groups -OCH3 is 2. The van der Waals surface area contributed by atoms with Crippen molar-refractivity contribution in [2.45, 2.75) is 4.90 Å². The number of carbonyl (C=O) groups is 1. The maximum absolute atomic E-state index is 12.5. The van der Waals surface area contributed by atoms with Gasteiger partial charge in [-0.05, 0) is 36.4 Å².